The molecule has 4 atom stereocenters. The molecule has 0 aliphatic carbocycles. The Morgan fingerprint density at radius 1 is 0.714 bits per heavy atom. The molecule has 2 aliphatic heterocycles. The summed E-state index contributed by atoms with van der Waals surface area (Å²) < 4.78 is 34.3. The summed E-state index contributed by atoms with van der Waals surface area (Å²) in [7, 11) is 1.34. The highest BCUT2D eigenvalue weighted by atomic mass is 16.6. The highest BCUT2D eigenvalue weighted by Crippen LogP contribution is 2.46. The van der Waals surface area contributed by atoms with Crippen LogP contribution >= 0.6 is 0 Å². The van der Waals surface area contributed by atoms with E-state index >= 15 is 0 Å². The van der Waals surface area contributed by atoms with E-state index in [0.29, 0.717) is 5.56 Å². The average Bonchev–Trinajstić information content (AvgIpc) is 3.05. The van der Waals surface area contributed by atoms with Crippen LogP contribution < -0.4 is 18.9 Å². The number of carbonyl (C=O) groups excluding carboxylic acids is 3. The molecule has 2 aliphatic rings. The maximum Gasteiger partial charge on any atom is 0.307 e. The number of fused-ring (bicyclic) bond motifs is 2. The van der Waals surface area contributed by atoms with Crippen LogP contribution in [0.15, 0.2) is 48.5 Å². The lowest BCUT2D eigenvalue weighted by molar-refractivity contribution is -0.154. The predicted molar refractivity (Wildman–Crippen MR) is 161 cm³/mol. The SMILES string of the molecule is COc1cc([C@H]2Oc3cc([C@H]4Oc5cc(O)cc(O)c5C(=O)[C@@H]4OC(=O)CCC(=O)O)ccc3O[C@@H]2COC(=O)CCC(=O)O)ccc1O. The molecule has 0 fully saturated rings. The number of carboxylic acid groups (broad SMARTS) is 2. The first-order chi connectivity index (χ1) is 23.3. The first-order valence-corrected chi connectivity index (χ1v) is 14.7. The van der Waals surface area contributed by atoms with Crippen LogP contribution in [0.25, 0.3) is 0 Å². The van der Waals surface area contributed by atoms with E-state index in [9.17, 15) is 39.3 Å². The highest BCUT2D eigenvalue weighted by Gasteiger charge is 2.44. The number of hydrogen-bond acceptors (Lipinski definition) is 14. The third kappa shape index (κ3) is 7.69. The number of aliphatic carboxylic acids is 2. The van der Waals surface area contributed by atoms with Gasteiger partial charge in [-0.25, -0.2) is 0 Å². The van der Waals surface area contributed by atoms with Crippen molar-refractivity contribution in [2.24, 2.45) is 0 Å². The Balaban J connectivity index is 1.49. The first kappa shape index (κ1) is 34.2. The van der Waals surface area contributed by atoms with Crippen LogP contribution in [0.3, 0.4) is 0 Å². The molecule has 0 spiro atoms. The molecule has 0 unspecified atom stereocenters. The van der Waals surface area contributed by atoms with Crippen molar-refractivity contribution in [1.29, 1.82) is 0 Å². The lowest BCUT2D eigenvalue weighted by Gasteiger charge is -2.36. The quantitative estimate of drug-likeness (QED) is 0.172. The Hall–Kier alpha value is -6.19. The molecule has 3 aromatic rings. The van der Waals surface area contributed by atoms with Gasteiger partial charge in [-0.1, -0.05) is 12.1 Å². The number of carboxylic acids is 2. The van der Waals surface area contributed by atoms with Gasteiger partial charge in [-0.05, 0) is 24.3 Å². The van der Waals surface area contributed by atoms with Gasteiger partial charge in [-0.3, -0.25) is 24.0 Å². The van der Waals surface area contributed by atoms with Gasteiger partial charge in [0.2, 0.25) is 11.9 Å². The Kier molecular flexibility index (Phi) is 9.96. The van der Waals surface area contributed by atoms with Crippen molar-refractivity contribution in [2.45, 2.75) is 50.1 Å². The Labute approximate surface area is 276 Å². The molecule has 258 valence electrons. The van der Waals surface area contributed by atoms with E-state index in [0.717, 1.165) is 12.1 Å². The summed E-state index contributed by atoms with van der Waals surface area (Å²) in [4.78, 5) is 60.3. The third-order valence-electron chi connectivity index (χ3n) is 7.55. The van der Waals surface area contributed by atoms with Gasteiger partial charge in [0.25, 0.3) is 0 Å². The van der Waals surface area contributed by atoms with E-state index in [2.05, 4.69) is 0 Å². The highest BCUT2D eigenvalue weighted by molar-refractivity contribution is 6.06. The van der Waals surface area contributed by atoms with E-state index in [-0.39, 0.29) is 52.9 Å². The number of esters is 2. The van der Waals surface area contributed by atoms with Crippen molar-refractivity contribution >= 4 is 29.7 Å². The number of Topliss-reactive ketones (excluding diaryl/α,β-unsaturated/α-hetero) is 1. The van der Waals surface area contributed by atoms with Gasteiger partial charge in [0, 0.05) is 23.3 Å². The zero-order valence-corrected chi connectivity index (χ0v) is 25.7. The fourth-order valence-corrected chi connectivity index (χ4v) is 5.23. The molecule has 0 saturated heterocycles. The number of methoxy groups -OCH3 is 1. The van der Waals surface area contributed by atoms with Crippen LogP contribution in [0.2, 0.25) is 0 Å². The van der Waals surface area contributed by atoms with E-state index in [1.807, 2.05) is 0 Å². The summed E-state index contributed by atoms with van der Waals surface area (Å²) in [5, 5.41) is 48.4. The second-order valence-corrected chi connectivity index (χ2v) is 11.0. The molecule has 0 amide bonds. The van der Waals surface area contributed by atoms with Crippen LogP contribution in [-0.4, -0.2) is 81.1 Å². The normalized spacial score (nSPS) is 19.2. The number of aromatic hydroxyl groups is 3. The van der Waals surface area contributed by atoms with E-state index in [4.69, 9.17) is 38.6 Å². The average molecular weight is 683 g/mol. The second-order valence-electron chi connectivity index (χ2n) is 11.0. The molecule has 16 nitrogen and oxygen atoms in total. The molecule has 3 aromatic carbocycles. The van der Waals surface area contributed by atoms with Crippen molar-refractivity contribution in [1.82, 2.24) is 0 Å². The lowest BCUT2D eigenvalue weighted by atomic mass is 9.92. The summed E-state index contributed by atoms with van der Waals surface area (Å²) >= 11 is 0. The van der Waals surface area contributed by atoms with Gasteiger partial charge >= 0.3 is 23.9 Å². The van der Waals surface area contributed by atoms with Crippen molar-refractivity contribution in [3.8, 4) is 40.2 Å². The summed E-state index contributed by atoms with van der Waals surface area (Å²) in [6, 6.07) is 10.7. The molecule has 0 radical (unpaired) electrons. The Bertz CT molecular complexity index is 1800. The number of ether oxygens (including phenoxy) is 6. The molecular formula is C33H30O16. The largest absolute Gasteiger partial charge is 0.508 e. The number of hydrogen-bond donors (Lipinski definition) is 5. The van der Waals surface area contributed by atoms with Crippen molar-refractivity contribution in [2.75, 3.05) is 13.7 Å². The third-order valence-corrected chi connectivity index (χ3v) is 7.55. The fourth-order valence-electron chi connectivity index (χ4n) is 5.23. The Morgan fingerprint density at radius 2 is 1.37 bits per heavy atom. The zero-order chi connectivity index (χ0) is 35.4. The number of rotatable bonds is 12. The number of carbonyl (C=O) groups is 5. The van der Waals surface area contributed by atoms with Crippen molar-refractivity contribution in [3.05, 3.63) is 65.2 Å². The maximum atomic E-state index is 13.6. The standard InChI is InChI=1S/C33H30O16/c1-44-21-10-15(2-4-18(21)35)31-24(14-45-27(41)8-6-25(37)38)46-20-5-3-16(11-22(20)47-31)32-33(49-28(42)9-7-26(39)40)30(43)29-19(36)12-17(34)13-23(29)48-32/h2-5,10-13,24,31-36H,6-9,14H2,1H3,(H,37,38)(H,39,40)/t24-,31-,32-,33+/m1/s1. The Morgan fingerprint density at radius 3 is 2.06 bits per heavy atom. The molecule has 0 aromatic heterocycles. The van der Waals surface area contributed by atoms with Crippen LogP contribution in [0.4, 0.5) is 0 Å². The van der Waals surface area contributed by atoms with Gasteiger partial charge in [0.1, 0.15) is 29.4 Å². The topological polar surface area (TPSA) is 242 Å². The number of ketones is 1. The first-order valence-electron chi connectivity index (χ1n) is 14.7. The molecule has 2 heterocycles. The van der Waals surface area contributed by atoms with Gasteiger partial charge < -0.3 is 54.0 Å². The van der Waals surface area contributed by atoms with Gasteiger partial charge in [-0.15, -0.1) is 0 Å². The smallest absolute Gasteiger partial charge is 0.307 e. The number of phenols is 3. The lowest BCUT2D eigenvalue weighted by Crippen LogP contribution is -2.40. The van der Waals surface area contributed by atoms with Crippen molar-refractivity contribution < 1.29 is 77.9 Å². The summed E-state index contributed by atoms with van der Waals surface area (Å²) in [6.45, 7) is -0.355. The molecular weight excluding hydrogens is 652 g/mol. The number of phenolic OH excluding ortho intramolecular Hbond substituents is 3. The van der Waals surface area contributed by atoms with Crippen molar-refractivity contribution in [3.63, 3.8) is 0 Å². The minimum atomic E-state index is -1.69. The van der Waals surface area contributed by atoms with Crippen LogP contribution in [-0.2, 0) is 28.7 Å². The van der Waals surface area contributed by atoms with Gasteiger partial charge in [0.05, 0.1) is 32.8 Å². The molecule has 5 rings (SSSR count). The maximum absolute atomic E-state index is 13.6. The fraction of sp³-hybridized carbons (Fsp3) is 0.303. The van der Waals surface area contributed by atoms with Crippen LogP contribution in [0.1, 0.15) is 59.4 Å². The second kappa shape index (κ2) is 14.3. The van der Waals surface area contributed by atoms with E-state index < -0.39 is 84.8 Å². The summed E-state index contributed by atoms with van der Waals surface area (Å²) in [5.74, 6) is -6.18. The molecule has 5 N–H and O–H groups in total. The van der Waals surface area contributed by atoms with Gasteiger partial charge in [0.15, 0.2) is 41.3 Å². The van der Waals surface area contributed by atoms with E-state index in [1.54, 1.807) is 0 Å². The summed E-state index contributed by atoms with van der Waals surface area (Å²) in [6.07, 6.45) is -6.97. The monoisotopic (exact) mass is 682 g/mol. The molecule has 0 bridgehead atoms. The van der Waals surface area contributed by atoms with Crippen LogP contribution in [0, 0.1) is 0 Å². The minimum Gasteiger partial charge on any atom is -0.508 e. The van der Waals surface area contributed by atoms with E-state index in [1.165, 1.54) is 43.5 Å². The zero-order valence-electron chi connectivity index (χ0n) is 25.7. The summed E-state index contributed by atoms with van der Waals surface area (Å²) in [5.41, 5.74) is 0.275. The molecule has 0 saturated carbocycles. The number of benzene rings is 3. The minimum absolute atomic E-state index is 0.0968. The van der Waals surface area contributed by atoms with Gasteiger partial charge in [-0.2, -0.15) is 0 Å². The molecule has 16 heteroatoms. The van der Waals surface area contributed by atoms with Crippen LogP contribution in [0.5, 0.6) is 40.2 Å². The predicted octanol–water partition coefficient (Wildman–Crippen LogP) is 3.19. The molecule has 49 heavy (non-hydrogen) atoms.